The molecule has 0 unspecified atom stereocenters. The van der Waals surface area contributed by atoms with Crippen LogP contribution in [0.5, 0.6) is 0 Å². The molecule has 20 heavy (non-hydrogen) atoms. The average Bonchev–Trinajstić information content (AvgIpc) is 2.83. The number of carbonyl (C=O) groups excluding carboxylic acids is 1. The summed E-state index contributed by atoms with van der Waals surface area (Å²) >= 11 is 3.29. The molecule has 2 N–H and O–H groups in total. The summed E-state index contributed by atoms with van der Waals surface area (Å²) in [7, 11) is 0. The smallest absolute Gasteiger partial charge is 0.235 e. The van der Waals surface area contributed by atoms with Crippen LogP contribution < -0.4 is 5.73 Å². The zero-order valence-corrected chi connectivity index (χ0v) is 12.5. The number of hydrogen-bond acceptors (Lipinski definition) is 3. The fourth-order valence-corrected chi connectivity index (χ4v) is 3.00. The molecule has 1 aromatic heterocycles. The van der Waals surface area contributed by atoms with Gasteiger partial charge in [-0.15, -0.1) is 0 Å². The van der Waals surface area contributed by atoms with Crippen molar-refractivity contribution in [2.75, 3.05) is 0 Å². The van der Waals surface area contributed by atoms with E-state index in [0.717, 1.165) is 5.76 Å². The molecule has 4 nitrogen and oxygen atoms in total. The first-order valence-corrected chi connectivity index (χ1v) is 7.27. The van der Waals surface area contributed by atoms with E-state index >= 15 is 0 Å². The highest BCUT2D eigenvalue weighted by atomic mass is 79.9. The van der Waals surface area contributed by atoms with Crippen molar-refractivity contribution in [3.05, 3.63) is 58.0 Å². The van der Waals surface area contributed by atoms with Crippen LogP contribution in [-0.2, 0) is 24.3 Å². The summed E-state index contributed by atoms with van der Waals surface area (Å²) in [6.07, 6.45) is 0.660. The maximum absolute atomic E-state index is 11.7. The lowest BCUT2D eigenvalue weighted by Crippen LogP contribution is -2.47. The number of furan rings is 1. The van der Waals surface area contributed by atoms with Crippen LogP contribution in [0.2, 0.25) is 0 Å². The van der Waals surface area contributed by atoms with E-state index in [1.165, 1.54) is 11.1 Å². The molecule has 3 rings (SSSR count). The minimum atomic E-state index is -0.287. The summed E-state index contributed by atoms with van der Waals surface area (Å²) in [5.74, 6) is 0.535. The third kappa shape index (κ3) is 2.64. The lowest BCUT2D eigenvalue weighted by molar-refractivity contribution is -0.124. The van der Waals surface area contributed by atoms with Crippen molar-refractivity contribution >= 4 is 21.8 Å². The predicted octanol–water partition coefficient (Wildman–Crippen LogP) is 2.45. The fraction of sp³-hybridized carbons (Fsp3) is 0.267. The summed E-state index contributed by atoms with van der Waals surface area (Å²) in [5.41, 5.74) is 8.00. The lowest BCUT2D eigenvalue weighted by atomic mass is 9.93. The number of nitrogens with two attached hydrogens (primary N) is 1. The van der Waals surface area contributed by atoms with E-state index in [1.807, 2.05) is 24.3 Å². The molecule has 0 radical (unpaired) electrons. The Bertz CT molecular complexity index is 638. The number of carbonyl (C=O) groups is 1. The quantitative estimate of drug-likeness (QED) is 0.937. The second-order valence-electron chi connectivity index (χ2n) is 5.00. The molecule has 5 heteroatoms. The van der Waals surface area contributed by atoms with Gasteiger partial charge in [0.15, 0.2) is 4.67 Å². The van der Waals surface area contributed by atoms with Gasteiger partial charge >= 0.3 is 0 Å². The van der Waals surface area contributed by atoms with Crippen molar-refractivity contribution in [2.24, 2.45) is 5.73 Å². The Kier molecular flexibility index (Phi) is 3.63. The Labute approximate surface area is 125 Å². The number of rotatable bonds is 3. The van der Waals surface area contributed by atoms with Crippen LogP contribution in [0.15, 0.2) is 45.5 Å². The highest BCUT2D eigenvalue weighted by Gasteiger charge is 2.30. The first-order valence-electron chi connectivity index (χ1n) is 6.48. The van der Waals surface area contributed by atoms with Gasteiger partial charge in [0.2, 0.25) is 5.91 Å². The topological polar surface area (TPSA) is 59.5 Å². The van der Waals surface area contributed by atoms with Crippen LogP contribution >= 0.6 is 15.9 Å². The Morgan fingerprint density at radius 1 is 1.30 bits per heavy atom. The number of benzene rings is 1. The third-order valence-corrected chi connectivity index (χ3v) is 4.09. The van der Waals surface area contributed by atoms with Gasteiger partial charge in [-0.05, 0) is 45.6 Å². The van der Waals surface area contributed by atoms with Gasteiger partial charge in [-0.2, -0.15) is 0 Å². The number of nitrogens with zero attached hydrogens (tertiary/aromatic N) is 1. The molecule has 104 valence electrons. The van der Waals surface area contributed by atoms with Gasteiger partial charge in [-0.25, -0.2) is 0 Å². The minimum absolute atomic E-state index is 0.284. The van der Waals surface area contributed by atoms with E-state index in [0.29, 0.717) is 24.2 Å². The van der Waals surface area contributed by atoms with Crippen LogP contribution in [-0.4, -0.2) is 16.8 Å². The maximum Gasteiger partial charge on any atom is 0.235 e. The Balaban J connectivity index is 1.86. The molecule has 1 atom stereocenters. The maximum atomic E-state index is 11.7. The SMILES string of the molecule is NC(=O)[C@@H]1Cc2ccccc2CN1Cc1ccc(Br)o1. The number of primary amides is 1. The van der Waals surface area contributed by atoms with Gasteiger partial charge in [0.05, 0.1) is 12.6 Å². The van der Waals surface area contributed by atoms with Crippen molar-refractivity contribution in [2.45, 2.75) is 25.6 Å². The first kappa shape index (κ1) is 13.4. The molecular weight excluding hydrogens is 320 g/mol. The molecular formula is C15H15BrN2O2. The first-order chi connectivity index (χ1) is 9.63. The normalized spacial score (nSPS) is 18.8. The van der Waals surface area contributed by atoms with Gasteiger partial charge in [0.1, 0.15) is 5.76 Å². The van der Waals surface area contributed by atoms with Crippen LogP contribution in [0.4, 0.5) is 0 Å². The molecule has 0 bridgehead atoms. The highest BCUT2D eigenvalue weighted by Crippen LogP contribution is 2.26. The van der Waals surface area contributed by atoms with E-state index in [4.69, 9.17) is 10.2 Å². The van der Waals surface area contributed by atoms with Crippen molar-refractivity contribution in [1.82, 2.24) is 4.90 Å². The average molecular weight is 335 g/mol. The Morgan fingerprint density at radius 3 is 2.70 bits per heavy atom. The summed E-state index contributed by atoms with van der Waals surface area (Å²) < 4.78 is 6.22. The van der Waals surface area contributed by atoms with Crippen molar-refractivity contribution in [1.29, 1.82) is 0 Å². The Hall–Kier alpha value is -1.59. The standard InChI is InChI=1S/C15H15BrN2O2/c16-14-6-5-12(20-14)9-18-8-11-4-2-1-3-10(11)7-13(18)15(17)19/h1-6,13H,7-9H2,(H2,17,19)/t13-/m0/s1. The summed E-state index contributed by atoms with van der Waals surface area (Å²) in [6, 6.07) is 11.6. The van der Waals surface area contributed by atoms with Crippen LogP contribution in [0, 0.1) is 0 Å². The Morgan fingerprint density at radius 2 is 2.05 bits per heavy atom. The van der Waals surface area contributed by atoms with Crippen molar-refractivity contribution in [3.8, 4) is 0 Å². The van der Waals surface area contributed by atoms with E-state index in [9.17, 15) is 4.79 Å². The van der Waals surface area contributed by atoms with Crippen molar-refractivity contribution in [3.63, 3.8) is 0 Å². The van der Waals surface area contributed by atoms with Crippen LogP contribution in [0.25, 0.3) is 0 Å². The second kappa shape index (κ2) is 5.42. The van der Waals surface area contributed by atoms with Gasteiger partial charge in [0.25, 0.3) is 0 Å². The number of halogens is 1. The number of hydrogen-bond donors (Lipinski definition) is 1. The fourth-order valence-electron chi connectivity index (χ4n) is 2.66. The predicted molar refractivity (Wildman–Crippen MR) is 78.8 cm³/mol. The van der Waals surface area contributed by atoms with E-state index in [-0.39, 0.29) is 11.9 Å². The van der Waals surface area contributed by atoms with E-state index in [1.54, 1.807) is 0 Å². The molecule has 0 saturated heterocycles. The molecule has 2 aromatic rings. The molecule has 0 spiro atoms. The molecule has 0 saturated carbocycles. The van der Waals surface area contributed by atoms with Crippen LogP contribution in [0.3, 0.4) is 0 Å². The number of fused-ring (bicyclic) bond motifs is 1. The second-order valence-corrected chi connectivity index (χ2v) is 5.78. The monoisotopic (exact) mass is 334 g/mol. The molecule has 0 fully saturated rings. The van der Waals surface area contributed by atoms with Crippen molar-refractivity contribution < 1.29 is 9.21 Å². The summed E-state index contributed by atoms with van der Waals surface area (Å²) in [5, 5.41) is 0. The van der Waals surface area contributed by atoms with Crippen LogP contribution in [0.1, 0.15) is 16.9 Å². The summed E-state index contributed by atoms with van der Waals surface area (Å²) in [6.45, 7) is 1.29. The third-order valence-electron chi connectivity index (χ3n) is 3.66. The van der Waals surface area contributed by atoms with Gasteiger partial charge in [-0.3, -0.25) is 9.69 Å². The largest absolute Gasteiger partial charge is 0.453 e. The zero-order chi connectivity index (χ0) is 14.1. The van der Waals surface area contributed by atoms with Gasteiger partial charge < -0.3 is 10.2 Å². The highest BCUT2D eigenvalue weighted by molar-refractivity contribution is 9.10. The van der Waals surface area contributed by atoms with E-state index < -0.39 is 0 Å². The lowest BCUT2D eigenvalue weighted by Gasteiger charge is -2.34. The molecule has 1 aliphatic rings. The molecule has 1 aliphatic heterocycles. The van der Waals surface area contributed by atoms with Gasteiger partial charge in [0, 0.05) is 6.54 Å². The number of amides is 1. The molecule has 1 amide bonds. The zero-order valence-electron chi connectivity index (χ0n) is 10.9. The molecule has 0 aliphatic carbocycles. The minimum Gasteiger partial charge on any atom is -0.453 e. The summed E-state index contributed by atoms with van der Waals surface area (Å²) in [4.78, 5) is 13.8. The molecule has 1 aromatic carbocycles. The van der Waals surface area contributed by atoms with Gasteiger partial charge in [-0.1, -0.05) is 24.3 Å². The van der Waals surface area contributed by atoms with E-state index in [2.05, 4.69) is 33.0 Å². The molecule has 2 heterocycles.